The van der Waals surface area contributed by atoms with Crippen molar-refractivity contribution in [1.82, 2.24) is 10.2 Å². The molecule has 2 unspecified atom stereocenters. The van der Waals surface area contributed by atoms with Gasteiger partial charge in [-0.3, -0.25) is 4.90 Å². The standard InChI is InChI=1S/C32H35F3N2O4.2ClH/c1-19(2)21-5-9-24(10-6-21)41-30(32(38)39)13-20-3-7-23(8-4-20)40-12-11-36-31-25-16-37(17-26(25)31)18-27-28(34)14-22(33)15-29(27)35;;/h3-10,14-15,19,25-26,30-31,36H,11-13,16-18H2,1-2H3,(H,38,39);2*1H/t25-,26?,30-,31?;;/m0../s1. The highest BCUT2D eigenvalue weighted by Crippen LogP contribution is 2.46. The number of likely N-dealkylation sites (tertiary alicyclic amines) is 1. The van der Waals surface area contributed by atoms with Gasteiger partial charge in [-0.25, -0.2) is 18.0 Å². The molecule has 1 aliphatic heterocycles. The van der Waals surface area contributed by atoms with E-state index >= 15 is 0 Å². The number of fused-ring (bicyclic) bond motifs is 1. The number of halogens is 5. The van der Waals surface area contributed by atoms with Gasteiger partial charge in [0.2, 0.25) is 0 Å². The Kier molecular flexibility index (Phi) is 12.2. The molecule has 0 aromatic heterocycles. The normalized spacial score (nSPS) is 19.6. The van der Waals surface area contributed by atoms with Crippen LogP contribution in [0.1, 0.15) is 36.5 Å². The third-order valence-electron chi connectivity index (χ3n) is 7.95. The number of rotatable bonds is 13. The fourth-order valence-electron chi connectivity index (χ4n) is 5.60. The van der Waals surface area contributed by atoms with Gasteiger partial charge in [-0.15, -0.1) is 24.8 Å². The highest BCUT2D eigenvalue weighted by Gasteiger charge is 2.55. The summed E-state index contributed by atoms with van der Waals surface area (Å²) in [7, 11) is 0. The van der Waals surface area contributed by atoms with Crippen LogP contribution in [0.25, 0.3) is 0 Å². The topological polar surface area (TPSA) is 71.0 Å². The summed E-state index contributed by atoms with van der Waals surface area (Å²) >= 11 is 0. The number of hydrogen-bond donors (Lipinski definition) is 2. The van der Waals surface area contributed by atoms with E-state index in [0.717, 1.165) is 36.3 Å². The maximum absolute atomic E-state index is 14.0. The lowest BCUT2D eigenvalue weighted by Gasteiger charge is -2.20. The zero-order valence-electron chi connectivity index (χ0n) is 24.0. The van der Waals surface area contributed by atoms with Crippen LogP contribution in [0.2, 0.25) is 0 Å². The van der Waals surface area contributed by atoms with Crippen molar-refractivity contribution in [3.05, 3.63) is 94.8 Å². The quantitative estimate of drug-likeness (QED) is 0.215. The number of ether oxygens (including phenoxy) is 2. The van der Waals surface area contributed by atoms with Gasteiger partial charge in [0.15, 0.2) is 6.10 Å². The first kappa shape index (κ1) is 34.5. The molecular formula is C32H37Cl2F3N2O4. The van der Waals surface area contributed by atoms with Gasteiger partial charge in [-0.2, -0.15) is 0 Å². The summed E-state index contributed by atoms with van der Waals surface area (Å²) in [6.07, 6.45) is -0.774. The van der Waals surface area contributed by atoms with E-state index in [4.69, 9.17) is 9.47 Å². The largest absolute Gasteiger partial charge is 0.492 e. The summed E-state index contributed by atoms with van der Waals surface area (Å²) in [5.74, 6) is -1.15. The van der Waals surface area contributed by atoms with Gasteiger partial charge in [-0.05, 0) is 53.1 Å². The van der Waals surface area contributed by atoms with Gasteiger partial charge in [0.05, 0.1) is 0 Å². The Hall–Kier alpha value is -2.98. The van der Waals surface area contributed by atoms with Crippen LogP contribution < -0.4 is 14.8 Å². The summed E-state index contributed by atoms with van der Waals surface area (Å²) in [5.41, 5.74) is 1.91. The van der Waals surface area contributed by atoms with Crippen LogP contribution in [-0.2, 0) is 17.8 Å². The van der Waals surface area contributed by atoms with Crippen molar-refractivity contribution in [1.29, 1.82) is 0 Å². The van der Waals surface area contributed by atoms with Gasteiger partial charge in [0, 0.05) is 56.3 Å². The average molecular weight is 642 g/mol. The van der Waals surface area contributed by atoms with Gasteiger partial charge >= 0.3 is 5.97 Å². The second-order valence-electron chi connectivity index (χ2n) is 11.2. The second kappa shape index (κ2) is 15.1. The molecule has 0 amide bonds. The molecule has 3 aromatic carbocycles. The van der Waals surface area contributed by atoms with Gasteiger partial charge in [-0.1, -0.05) is 38.1 Å². The molecule has 1 saturated carbocycles. The van der Waals surface area contributed by atoms with Crippen molar-refractivity contribution in [2.24, 2.45) is 11.8 Å². The third kappa shape index (κ3) is 8.79. The smallest absolute Gasteiger partial charge is 0.345 e. The van der Waals surface area contributed by atoms with E-state index in [1.165, 1.54) is 0 Å². The van der Waals surface area contributed by atoms with Crippen LogP contribution in [0.15, 0.2) is 60.7 Å². The number of piperidine rings is 1. The molecule has 0 radical (unpaired) electrons. The fourth-order valence-corrected chi connectivity index (χ4v) is 5.60. The number of nitrogens with zero attached hydrogens (tertiary/aromatic N) is 1. The summed E-state index contributed by atoms with van der Waals surface area (Å²) in [4.78, 5) is 13.8. The number of benzene rings is 3. The van der Waals surface area contributed by atoms with Crippen molar-refractivity contribution in [2.45, 2.75) is 44.9 Å². The minimum Gasteiger partial charge on any atom is -0.492 e. The van der Waals surface area contributed by atoms with Gasteiger partial charge in [0.1, 0.15) is 35.6 Å². The molecule has 0 spiro atoms. The van der Waals surface area contributed by atoms with Crippen molar-refractivity contribution in [2.75, 3.05) is 26.2 Å². The lowest BCUT2D eigenvalue weighted by Crippen LogP contribution is -2.33. The van der Waals surface area contributed by atoms with Crippen LogP contribution >= 0.6 is 24.8 Å². The summed E-state index contributed by atoms with van der Waals surface area (Å²) in [5, 5.41) is 13.2. The summed E-state index contributed by atoms with van der Waals surface area (Å²) < 4.78 is 52.6. The van der Waals surface area contributed by atoms with Gasteiger partial charge < -0.3 is 19.9 Å². The minimum atomic E-state index is -1.02. The molecular weight excluding hydrogens is 604 g/mol. The van der Waals surface area contributed by atoms with Crippen molar-refractivity contribution in [3.8, 4) is 11.5 Å². The molecule has 4 atom stereocenters. The first-order valence-corrected chi connectivity index (χ1v) is 14.0. The number of carbonyl (C=O) groups is 1. The van der Waals surface area contributed by atoms with Crippen LogP contribution in [0.4, 0.5) is 13.2 Å². The van der Waals surface area contributed by atoms with E-state index in [1.807, 2.05) is 41.3 Å². The monoisotopic (exact) mass is 640 g/mol. The van der Waals surface area contributed by atoms with E-state index in [0.29, 0.717) is 48.4 Å². The predicted octanol–water partition coefficient (Wildman–Crippen LogP) is 6.24. The minimum absolute atomic E-state index is 0. The Morgan fingerprint density at radius 3 is 2.09 bits per heavy atom. The van der Waals surface area contributed by atoms with E-state index in [9.17, 15) is 23.1 Å². The number of carboxylic acids is 1. The number of hydrogen-bond acceptors (Lipinski definition) is 5. The molecule has 0 bridgehead atoms. The molecule has 43 heavy (non-hydrogen) atoms. The van der Waals surface area contributed by atoms with Crippen LogP contribution in [0, 0.1) is 29.3 Å². The number of nitrogens with one attached hydrogen (secondary N) is 1. The maximum atomic E-state index is 14.0. The second-order valence-corrected chi connectivity index (χ2v) is 11.2. The Balaban J connectivity index is 0.00000253. The first-order chi connectivity index (χ1) is 19.7. The summed E-state index contributed by atoms with van der Waals surface area (Å²) in [6, 6.07) is 16.6. The number of carboxylic acid groups (broad SMARTS) is 1. The molecule has 1 saturated heterocycles. The lowest BCUT2D eigenvalue weighted by atomic mass is 10.0. The zero-order valence-corrected chi connectivity index (χ0v) is 25.6. The van der Waals surface area contributed by atoms with E-state index in [1.54, 1.807) is 12.1 Å². The van der Waals surface area contributed by atoms with Crippen molar-refractivity contribution >= 4 is 30.8 Å². The van der Waals surface area contributed by atoms with Crippen molar-refractivity contribution < 1.29 is 32.5 Å². The lowest BCUT2D eigenvalue weighted by molar-refractivity contribution is -0.145. The van der Waals surface area contributed by atoms with E-state index < -0.39 is 29.5 Å². The molecule has 3 aromatic rings. The molecule has 11 heteroatoms. The van der Waals surface area contributed by atoms with Crippen LogP contribution in [-0.4, -0.2) is 54.4 Å². The highest BCUT2D eigenvalue weighted by atomic mass is 35.5. The molecule has 2 fully saturated rings. The molecule has 5 rings (SSSR count). The molecule has 1 aliphatic carbocycles. The zero-order chi connectivity index (χ0) is 29.1. The summed E-state index contributed by atoms with van der Waals surface area (Å²) in [6.45, 7) is 6.95. The fraction of sp³-hybridized carbons (Fsp3) is 0.406. The molecule has 2 N–H and O–H groups in total. The molecule has 234 valence electrons. The highest BCUT2D eigenvalue weighted by molar-refractivity contribution is 5.85. The predicted molar refractivity (Wildman–Crippen MR) is 163 cm³/mol. The number of aliphatic carboxylic acids is 1. The molecule has 1 heterocycles. The SMILES string of the molecule is CC(C)c1ccc(O[C@@H](Cc2ccc(OCCNC3C4CN(Cc5c(F)cc(F)cc5F)C[C@@H]43)cc2)C(=O)O)cc1.Cl.Cl. The van der Waals surface area contributed by atoms with Gasteiger partial charge in [0.25, 0.3) is 0 Å². The van der Waals surface area contributed by atoms with Crippen molar-refractivity contribution in [3.63, 3.8) is 0 Å². The van der Waals surface area contributed by atoms with Crippen LogP contribution in [0.3, 0.4) is 0 Å². The Labute approximate surface area is 262 Å². The molecule has 2 aliphatic rings. The average Bonchev–Trinajstić information content (AvgIpc) is 3.38. The van der Waals surface area contributed by atoms with E-state index in [-0.39, 0.29) is 43.3 Å². The van der Waals surface area contributed by atoms with Crippen LogP contribution in [0.5, 0.6) is 11.5 Å². The Morgan fingerprint density at radius 1 is 0.953 bits per heavy atom. The Morgan fingerprint density at radius 2 is 1.53 bits per heavy atom. The maximum Gasteiger partial charge on any atom is 0.345 e. The third-order valence-corrected chi connectivity index (χ3v) is 7.95. The Bertz CT molecular complexity index is 1330. The molecule has 6 nitrogen and oxygen atoms in total. The first-order valence-electron chi connectivity index (χ1n) is 14.0. The van der Waals surface area contributed by atoms with E-state index in [2.05, 4.69) is 19.2 Å².